The van der Waals surface area contributed by atoms with Crippen LogP contribution in [0.5, 0.6) is 0 Å². The van der Waals surface area contributed by atoms with Gasteiger partial charge < -0.3 is 9.80 Å². The van der Waals surface area contributed by atoms with Crippen LogP contribution in [0.4, 0.5) is 23.4 Å². The second kappa shape index (κ2) is 8.57. The topological polar surface area (TPSA) is 49.3 Å². The Hall–Kier alpha value is -3.49. The van der Waals surface area contributed by atoms with Crippen molar-refractivity contribution in [2.75, 3.05) is 31.1 Å². The number of aromatic nitrogens is 2. The van der Waals surface area contributed by atoms with Gasteiger partial charge in [-0.1, -0.05) is 18.2 Å². The number of hydrogen-bond donors (Lipinski definition) is 0. The number of halogens is 4. The Kier molecular flexibility index (Phi) is 5.82. The van der Waals surface area contributed by atoms with E-state index in [1.165, 1.54) is 30.3 Å². The van der Waals surface area contributed by atoms with E-state index in [0.29, 0.717) is 54.6 Å². The fraction of sp³-hybridized carbons (Fsp3) is 0.261. The Morgan fingerprint density at radius 1 is 0.938 bits per heavy atom. The highest BCUT2D eigenvalue weighted by Crippen LogP contribution is 2.31. The zero-order valence-corrected chi connectivity index (χ0v) is 17.2. The SMILES string of the molecule is Cc1cc(N2CCN(C(=O)c3cccc(F)c3)CC2)nc(-c2ccc(C(F)(F)F)cc2)n1. The smallest absolute Gasteiger partial charge is 0.353 e. The number of benzene rings is 2. The molecule has 0 spiro atoms. The van der Waals surface area contributed by atoms with E-state index in [-0.39, 0.29) is 5.91 Å². The van der Waals surface area contributed by atoms with Crippen LogP contribution in [-0.4, -0.2) is 47.0 Å². The van der Waals surface area contributed by atoms with Crippen LogP contribution < -0.4 is 4.90 Å². The minimum absolute atomic E-state index is 0.228. The first-order valence-electron chi connectivity index (χ1n) is 10.0. The van der Waals surface area contributed by atoms with E-state index in [1.807, 2.05) is 4.90 Å². The van der Waals surface area contributed by atoms with Crippen LogP contribution in [0.15, 0.2) is 54.6 Å². The minimum Gasteiger partial charge on any atom is -0.353 e. The van der Waals surface area contributed by atoms with E-state index >= 15 is 0 Å². The van der Waals surface area contributed by atoms with Gasteiger partial charge in [-0.2, -0.15) is 13.2 Å². The van der Waals surface area contributed by atoms with Gasteiger partial charge in [-0.25, -0.2) is 14.4 Å². The van der Waals surface area contributed by atoms with Crippen LogP contribution in [0, 0.1) is 12.7 Å². The summed E-state index contributed by atoms with van der Waals surface area (Å²) < 4.78 is 51.9. The zero-order chi connectivity index (χ0) is 22.9. The van der Waals surface area contributed by atoms with Crippen molar-refractivity contribution in [2.45, 2.75) is 13.1 Å². The van der Waals surface area contributed by atoms with Crippen LogP contribution in [0.3, 0.4) is 0 Å². The molecule has 9 heteroatoms. The maximum Gasteiger partial charge on any atom is 0.416 e. The van der Waals surface area contributed by atoms with Crippen LogP contribution in [0.1, 0.15) is 21.6 Å². The molecule has 1 aliphatic heterocycles. The molecule has 0 unspecified atom stereocenters. The maximum absolute atomic E-state index is 13.4. The molecule has 4 rings (SSSR count). The predicted molar refractivity (Wildman–Crippen MR) is 112 cm³/mol. The lowest BCUT2D eigenvalue weighted by molar-refractivity contribution is -0.137. The highest BCUT2D eigenvalue weighted by molar-refractivity contribution is 5.94. The van der Waals surface area contributed by atoms with Gasteiger partial charge in [-0.15, -0.1) is 0 Å². The highest BCUT2D eigenvalue weighted by Gasteiger charge is 2.30. The summed E-state index contributed by atoms with van der Waals surface area (Å²) in [6.45, 7) is 3.71. The van der Waals surface area contributed by atoms with Crippen molar-refractivity contribution in [3.05, 3.63) is 77.2 Å². The van der Waals surface area contributed by atoms with Crippen molar-refractivity contribution in [3.63, 3.8) is 0 Å². The van der Waals surface area contributed by atoms with E-state index in [9.17, 15) is 22.4 Å². The molecule has 0 radical (unpaired) electrons. The number of hydrogen-bond acceptors (Lipinski definition) is 4. The minimum atomic E-state index is -4.40. The zero-order valence-electron chi connectivity index (χ0n) is 17.2. The van der Waals surface area contributed by atoms with Gasteiger partial charge in [-0.3, -0.25) is 4.79 Å². The van der Waals surface area contributed by atoms with E-state index in [4.69, 9.17) is 0 Å². The van der Waals surface area contributed by atoms with Gasteiger partial charge in [0, 0.05) is 49.1 Å². The molecule has 0 atom stereocenters. The third-order valence-electron chi connectivity index (χ3n) is 5.27. The predicted octanol–water partition coefficient (Wildman–Crippen LogP) is 4.57. The lowest BCUT2D eigenvalue weighted by Crippen LogP contribution is -2.49. The Bertz CT molecular complexity index is 1120. The largest absolute Gasteiger partial charge is 0.416 e. The number of alkyl halides is 3. The fourth-order valence-electron chi connectivity index (χ4n) is 3.59. The second-order valence-electron chi connectivity index (χ2n) is 7.56. The number of nitrogens with zero attached hydrogens (tertiary/aromatic N) is 4. The van der Waals surface area contributed by atoms with Gasteiger partial charge in [-0.05, 0) is 37.3 Å². The van der Waals surface area contributed by atoms with Crippen molar-refractivity contribution in [2.24, 2.45) is 0 Å². The Morgan fingerprint density at radius 2 is 1.62 bits per heavy atom. The number of carbonyl (C=O) groups is 1. The van der Waals surface area contributed by atoms with Crippen molar-refractivity contribution >= 4 is 11.7 Å². The monoisotopic (exact) mass is 444 g/mol. The molecule has 32 heavy (non-hydrogen) atoms. The van der Waals surface area contributed by atoms with Crippen LogP contribution in [-0.2, 0) is 6.18 Å². The molecule has 166 valence electrons. The summed E-state index contributed by atoms with van der Waals surface area (Å²) in [6, 6.07) is 12.1. The molecule has 0 aliphatic carbocycles. The molecule has 3 aromatic rings. The van der Waals surface area contributed by atoms with Crippen LogP contribution in [0.25, 0.3) is 11.4 Å². The average Bonchev–Trinajstić information content (AvgIpc) is 2.78. The summed E-state index contributed by atoms with van der Waals surface area (Å²) in [6.07, 6.45) is -4.40. The fourth-order valence-corrected chi connectivity index (χ4v) is 3.59. The molecule has 0 N–H and O–H groups in total. The molecular weight excluding hydrogens is 424 g/mol. The van der Waals surface area contributed by atoms with Gasteiger partial charge in [0.05, 0.1) is 5.56 Å². The molecule has 1 amide bonds. The van der Waals surface area contributed by atoms with Crippen molar-refractivity contribution < 1.29 is 22.4 Å². The molecule has 0 saturated carbocycles. The van der Waals surface area contributed by atoms with E-state index in [0.717, 1.165) is 12.1 Å². The third kappa shape index (κ3) is 4.71. The van der Waals surface area contributed by atoms with Gasteiger partial charge >= 0.3 is 6.18 Å². The molecule has 1 saturated heterocycles. The molecule has 2 heterocycles. The maximum atomic E-state index is 13.4. The van der Waals surface area contributed by atoms with E-state index < -0.39 is 17.6 Å². The summed E-state index contributed by atoms with van der Waals surface area (Å²) in [7, 11) is 0. The van der Waals surface area contributed by atoms with Crippen molar-refractivity contribution in [1.29, 1.82) is 0 Å². The first kappa shape index (κ1) is 21.7. The number of carbonyl (C=O) groups excluding carboxylic acids is 1. The summed E-state index contributed by atoms with van der Waals surface area (Å²) in [5.74, 6) is 0.299. The lowest BCUT2D eigenvalue weighted by atomic mass is 10.1. The summed E-state index contributed by atoms with van der Waals surface area (Å²) in [5, 5.41) is 0. The molecule has 1 aliphatic rings. The second-order valence-corrected chi connectivity index (χ2v) is 7.56. The third-order valence-corrected chi connectivity index (χ3v) is 5.27. The molecule has 1 fully saturated rings. The van der Waals surface area contributed by atoms with E-state index in [2.05, 4.69) is 9.97 Å². The summed E-state index contributed by atoms with van der Waals surface area (Å²) >= 11 is 0. The first-order chi connectivity index (χ1) is 15.2. The summed E-state index contributed by atoms with van der Waals surface area (Å²) in [5.41, 5.74) is 0.750. The lowest BCUT2D eigenvalue weighted by Gasteiger charge is -2.35. The normalized spacial score (nSPS) is 14.5. The number of piperazine rings is 1. The van der Waals surface area contributed by atoms with E-state index in [1.54, 1.807) is 24.0 Å². The van der Waals surface area contributed by atoms with Gasteiger partial charge in [0.25, 0.3) is 5.91 Å². The average molecular weight is 444 g/mol. The Balaban J connectivity index is 1.48. The van der Waals surface area contributed by atoms with Gasteiger partial charge in [0.2, 0.25) is 0 Å². The van der Waals surface area contributed by atoms with Crippen LogP contribution in [0.2, 0.25) is 0 Å². The number of aryl methyl sites for hydroxylation is 1. The van der Waals surface area contributed by atoms with Crippen molar-refractivity contribution in [3.8, 4) is 11.4 Å². The number of amides is 1. The Morgan fingerprint density at radius 3 is 2.25 bits per heavy atom. The number of anilines is 1. The Labute approximate surface area is 182 Å². The van der Waals surface area contributed by atoms with Crippen molar-refractivity contribution in [1.82, 2.24) is 14.9 Å². The molecule has 1 aromatic heterocycles. The van der Waals surface area contributed by atoms with Crippen LogP contribution >= 0.6 is 0 Å². The molecule has 0 bridgehead atoms. The van der Waals surface area contributed by atoms with Gasteiger partial charge in [0.15, 0.2) is 5.82 Å². The standard InChI is InChI=1S/C23H20F4N4O/c1-15-13-20(29-21(28-15)16-5-7-18(8-6-16)23(25,26)27)30-9-11-31(12-10-30)22(32)17-3-2-4-19(24)14-17/h2-8,13-14H,9-12H2,1H3. The van der Waals surface area contributed by atoms with Gasteiger partial charge in [0.1, 0.15) is 11.6 Å². The number of rotatable bonds is 3. The molecule has 5 nitrogen and oxygen atoms in total. The summed E-state index contributed by atoms with van der Waals surface area (Å²) in [4.78, 5) is 25.2. The molecule has 2 aromatic carbocycles. The quantitative estimate of drug-likeness (QED) is 0.556. The first-order valence-corrected chi connectivity index (χ1v) is 10.0. The molecular formula is C23H20F4N4O. The highest BCUT2D eigenvalue weighted by atomic mass is 19.4.